The Bertz CT molecular complexity index is 576. The summed E-state index contributed by atoms with van der Waals surface area (Å²) in [6, 6.07) is 0. The molecule has 0 fully saturated rings. The van der Waals surface area contributed by atoms with Gasteiger partial charge in [-0.05, 0) is 32.3 Å². The Morgan fingerprint density at radius 1 is 1.47 bits per heavy atom. The fourth-order valence-corrected chi connectivity index (χ4v) is 3.43. The van der Waals surface area contributed by atoms with Crippen LogP contribution < -0.4 is 10.6 Å². The molecule has 104 valence electrons. The van der Waals surface area contributed by atoms with Gasteiger partial charge >= 0.3 is 0 Å². The number of anilines is 2. The van der Waals surface area contributed by atoms with Gasteiger partial charge in [-0.3, -0.25) is 0 Å². The lowest BCUT2D eigenvalue weighted by Gasteiger charge is -2.34. The molecule has 0 saturated carbocycles. The molecule has 0 amide bonds. The minimum absolute atomic E-state index is 0.0532. The Hall–Kier alpha value is -1.18. The molecule has 7 heteroatoms. The Morgan fingerprint density at radius 2 is 2.16 bits per heavy atom. The number of likely N-dealkylation sites (N-methyl/N-ethyl adjacent to an activating group) is 1. The number of aryl methyl sites for hydroxylation is 1. The zero-order valence-corrected chi connectivity index (χ0v) is 13.1. The number of rotatable bonds is 4. The minimum Gasteiger partial charge on any atom is -0.394 e. The summed E-state index contributed by atoms with van der Waals surface area (Å²) in [6.07, 6.45) is 0. The van der Waals surface area contributed by atoms with Gasteiger partial charge in [-0.2, -0.15) is 4.37 Å². The number of hydrogen-bond donors (Lipinski definition) is 2. The first-order chi connectivity index (χ1) is 8.86. The van der Waals surface area contributed by atoms with E-state index in [2.05, 4.69) is 9.36 Å². The summed E-state index contributed by atoms with van der Waals surface area (Å²) >= 11 is 2.89. The number of aromatic nitrogens is 2. The van der Waals surface area contributed by atoms with Crippen molar-refractivity contribution in [3.8, 4) is 10.6 Å². The standard InChI is InChI=1S/C12H18N4OS2/c1-7-5-18-10(14-7)8-9(13)15-19-11(8)16(4)12(2,3)6-17/h5,17H,6H2,1-4H3,(H2,13,15). The molecule has 0 radical (unpaired) electrons. The Morgan fingerprint density at radius 3 is 2.68 bits per heavy atom. The molecule has 0 aliphatic rings. The van der Waals surface area contributed by atoms with Crippen LogP contribution in [0.15, 0.2) is 5.38 Å². The number of nitrogen functional groups attached to an aromatic ring is 1. The maximum absolute atomic E-state index is 9.50. The van der Waals surface area contributed by atoms with Crippen molar-refractivity contribution in [2.45, 2.75) is 26.3 Å². The lowest BCUT2D eigenvalue weighted by molar-refractivity contribution is 0.217. The van der Waals surface area contributed by atoms with E-state index in [-0.39, 0.29) is 12.1 Å². The maximum Gasteiger partial charge on any atom is 0.149 e. The fraction of sp³-hybridized carbons (Fsp3) is 0.500. The summed E-state index contributed by atoms with van der Waals surface area (Å²) in [5.41, 5.74) is 7.45. The van der Waals surface area contributed by atoms with Crippen LogP contribution in [0.3, 0.4) is 0 Å². The van der Waals surface area contributed by atoms with Gasteiger partial charge in [0.1, 0.15) is 15.8 Å². The van der Waals surface area contributed by atoms with Crippen LogP contribution in [-0.2, 0) is 0 Å². The van der Waals surface area contributed by atoms with E-state index in [0.717, 1.165) is 21.3 Å². The number of aliphatic hydroxyl groups excluding tert-OH is 1. The number of thiazole rings is 1. The molecule has 0 spiro atoms. The van der Waals surface area contributed by atoms with E-state index in [1.165, 1.54) is 11.5 Å². The minimum atomic E-state index is -0.375. The molecule has 0 unspecified atom stereocenters. The summed E-state index contributed by atoms with van der Waals surface area (Å²) in [5, 5.41) is 13.3. The lowest BCUT2D eigenvalue weighted by Crippen LogP contribution is -2.44. The zero-order valence-electron chi connectivity index (χ0n) is 11.5. The van der Waals surface area contributed by atoms with Crippen LogP contribution in [0.1, 0.15) is 19.5 Å². The van der Waals surface area contributed by atoms with E-state index in [0.29, 0.717) is 5.82 Å². The molecule has 19 heavy (non-hydrogen) atoms. The average molecular weight is 298 g/mol. The molecule has 0 aromatic carbocycles. The van der Waals surface area contributed by atoms with Crippen molar-refractivity contribution < 1.29 is 5.11 Å². The molecule has 0 atom stereocenters. The van der Waals surface area contributed by atoms with E-state index in [1.807, 2.05) is 38.1 Å². The van der Waals surface area contributed by atoms with Gasteiger partial charge in [0.05, 0.1) is 17.7 Å². The topological polar surface area (TPSA) is 75.3 Å². The molecule has 2 aromatic rings. The molecule has 2 rings (SSSR count). The zero-order chi connectivity index (χ0) is 14.2. The molecule has 2 heterocycles. The summed E-state index contributed by atoms with van der Waals surface area (Å²) in [5.74, 6) is 0.495. The molecular weight excluding hydrogens is 280 g/mol. The first-order valence-corrected chi connectivity index (χ1v) is 7.54. The van der Waals surface area contributed by atoms with Gasteiger partial charge < -0.3 is 15.7 Å². The van der Waals surface area contributed by atoms with Gasteiger partial charge in [0, 0.05) is 18.1 Å². The SMILES string of the molecule is Cc1csc(-c2c(N)nsc2N(C)C(C)(C)CO)n1. The van der Waals surface area contributed by atoms with Crippen LogP contribution in [0.5, 0.6) is 0 Å². The second-order valence-corrected chi connectivity index (χ2v) is 6.68. The van der Waals surface area contributed by atoms with Gasteiger partial charge in [0.2, 0.25) is 0 Å². The van der Waals surface area contributed by atoms with Crippen molar-refractivity contribution in [2.75, 3.05) is 24.3 Å². The highest BCUT2D eigenvalue weighted by Gasteiger charge is 2.28. The third kappa shape index (κ3) is 2.58. The molecule has 0 aliphatic carbocycles. The smallest absolute Gasteiger partial charge is 0.149 e. The molecule has 0 aliphatic heterocycles. The van der Waals surface area contributed by atoms with Gasteiger partial charge in [0.25, 0.3) is 0 Å². The van der Waals surface area contributed by atoms with Crippen LogP contribution in [0, 0.1) is 6.92 Å². The highest BCUT2D eigenvalue weighted by Crippen LogP contribution is 2.42. The molecule has 0 bridgehead atoms. The van der Waals surface area contributed by atoms with E-state index in [9.17, 15) is 5.11 Å². The highest BCUT2D eigenvalue weighted by molar-refractivity contribution is 7.15. The highest BCUT2D eigenvalue weighted by atomic mass is 32.1. The largest absolute Gasteiger partial charge is 0.394 e. The normalized spacial score (nSPS) is 11.8. The monoisotopic (exact) mass is 298 g/mol. The van der Waals surface area contributed by atoms with Gasteiger partial charge in [-0.15, -0.1) is 11.3 Å². The van der Waals surface area contributed by atoms with Gasteiger partial charge in [0.15, 0.2) is 0 Å². The second-order valence-electron chi connectivity index (χ2n) is 5.07. The first-order valence-electron chi connectivity index (χ1n) is 5.89. The summed E-state index contributed by atoms with van der Waals surface area (Å²) in [4.78, 5) is 6.49. The van der Waals surface area contributed by atoms with Crippen molar-refractivity contribution >= 4 is 33.7 Å². The van der Waals surface area contributed by atoms with Crippen LogP contribution >= 0.6 is 22.9 Å². The second kappa shape index (κ2) is 5.07. The molecule has 2 aromatic heterocycles. The van der Waals surface area contributed by atoms with Gasteiger partial charge in [-0.1, -0.05) is 0 Å². The average Bonchev–Trinajstić information content (AvgIpc) is 2.94. The van der Waals surface area contributed by atoms with Crippen molar-refractivity contribution in [1.82, 2.24) is 9.36 Å². The predicted molar refractivity (Wildman–Crippen MR) is 81.9 cm³/mol. The van der Waals surface area contributed by atoms with E-state index < -0.39 is 0 Å². The van der Waals surface area contributed by atoms with Crippen LogP contribution in [0.2, 0.25) is 0 Å². The number of nitrogens with zero attached hydrogens (tertiary/aromatic N) is 3. The van der Waals surface area contributed by atoms with E-state index in [4.69, 9.17) is 5.73 Å². The number of hydrogen-bond acceptors (Lipinski definition) is 7. The van der Waals surface area contributed by atoms with E-state index in [1.54, 1.807) is 11.3 Å². The lowest BCUT2D eigenvalue weighted by atomic mass is 10.1. The molecular formula is C12H18N4OS2. The summed E-state index contributed by atoms with van der Waals surface area (Å²) in [6.45, 7) is 5.95. The Labute approximate surface area is 120 Å². The maximum atomic E-state index is 9.50. The quantitative estimate of drug-likeness (QED) is 0.906. The van der Waals surface area contributed by atoms with Crippen LogP contribution in [0.25, 0.3) is 10.6 Å². The molecule has 3 N–H and O–H groups in total. The van der Waals surface area contributed by atoms with Crippen molar-refractivity contribution in [3.05, 3.63) is 11.1 Å². The summed E-state index contributed by atoms with van der Waals surface area (Å²) < 4.78 is 4.23. The van der Waals surface area contributed by atoms with Gasteiger partial charge in [-0.25, -0.2) is 4.98 Å². The molecule has 0 saturated heterocycles. The number of nitrogens with two attached hydrogens (primary N) is 1. The van der Waals surface area contributed by atoms with Crippen LogP contribution in [0.4, 0.5) is 10.8 Å². The third-order valence-electron chi connectivity index (χ3n) is 3.13. The predicted octanol–water partition coefficient (Wildman–Crippen LogP) is 2.36. The van der Waals surface area contributed by atoms with Crippen molar-refractivity contribution in [3.63, 3.8) is 0 Å². The third-order valence-corrected chi connectivity index (χ3v) is 5.05. The first kappa shape index (κ1) is 14.2. The van der Waals surface area contributed by atoms with Crippen molar-refractivity contribution in [2.24, 2.45) is 0 Å². The van der Waals surface area contributed by atoms with Crippen LogP contribution in [-0.4, -0.2) is 33.7 Å². The van der Waals surface area contributed by atoms with E-state index >= 15 is 0 Å². The Kier molecular flexibility index (Phi) is 3.80. The number of aliphatic hydroxyl groups is 1. The summed E-state index contributed by atoms with van der Waals surface area (Å²) in [7, 11) is 1.94. The Balaban J connectivity index is 2.49. The fourth-order valence-electron chi connectivity index (χ4n) is 1.57. The van der Waals surface area contributed by atoms with Crippen molar-refractivity contribution in [1.29, 1.82) is 0 Å². The molecule has 5 nitrogen and oxygen atoms in total.